The van der Waals surface area contributed by atoms with Crippen LogP contribution in [0.2, 0.25) is 0 Å². The summed E-state index contributed by atoms with van der Waals surface area (Å²) >= 11 is 3.33. The summed E-state index contributed by atoms with van der Waals surface area (Å²) in [7, 11) is 0. The Morgan fingerprint density at radius 2 is 1.95 bits per heavy atom. The molecule has 1 N–H and O–H groups in total. The second kappa shape index (κ2) is 7.00. The zero-order chi connectivity index (χ0) is 15.4. The van der Waals surface area contributed by atoms with Crippen LogP contribution in [0.5, 0.6) is 5.75 Å². The van der Waals surface area contributed by atoms with Gasteiger partial charge in [-0.3, -0.25) is 0 Å². The highest BCUT2D eigenvalue weighted by Gasteiger charge is 2.17. The molecule has 1 unspecified atom stereocenters. The van der Waals surface area contributed by atoms with Crippen molar-refractivity contribution in [1.29, 1.82) is 0 Å². The van der Waals surface area contributed by atoms with Crippen LogP contribution in [0.25, 0.3) is 0 Å². The Balaban J connectivity index is 2.27. The molecule has 0 saturated carbocycles. The van der Waals surface area contributed by atoms with Crippen molar-refractivity contribution in [2.45, 2.75) is 19.4 Å². The summed E-state index contributed by atoms with van der Waals surface area (Å²) < 4.78 is 32.8. The van der Waals surface area contributed by atoms with Crippen molar-refractivity contribution < 1.29 is 18.6 Å². The lowest BCUT2D eigenvalue weighted by Crippen LogP contribution is -2.07. The molecule has 2 aromatic carbocycles. The molecule has 0 amide bonds. The first kappa shape index (κ1) is 15.9. The monoisotopic (exact) mass is 356 g/mol. The summed E-state index contributed by atoms with van der Waals surface area (Å²) in [4.78, 5) is 0. The van der Waals surface area contributed by atoms with Gasteiger partial charge in [0.2, 0.25) is 0 Å². The quantitative estimate of drug-likeness (QED) is 0.860. The molecule has 2 rings (SSSR count). The number of halogens is 3. The molecular formula is C16H15BrF2O2. The fraction of sp³-hybridized carbons (Fsp3) is 0.250. The van der Waals surface area contributed by atoms with Crippen LogP contribution in [0.1, 0.15) is 24.2 Å². The van der Waals surface area contributed by atoms with Crippen molar-refractivity contribution in [3.05, 3.63) is 63.6 Å². The average Bonchev–Trinajstić information content (AvgIpc) is 2.44. The number of benzene rings is 2. The first-order chi connectivity index (χ1) is 10.0. The molecule has 2 nitrogen and oxygen atoms in total. The molecule has 2 aromatic rings. The molecule has 0 aliphatic heterocycles. The van der Waals surface area contributed by atoms with Gasteiger partial charge < -0.3 is 9.84 Å². The number of ether oxygens (including phenoxy) is 1. The molecule has 0 aliphatic rings. The van der Waals surface area contributed by atoms with Gasteiger partial charge in [0.1, 0.15) is 17.4 Å². The van der Waals surface area contributed by atoms with E-state index < -0.39 is 17.7 Å². The maximum Gasteiger partial charge on any atom is 0.129 e. The fourth-order valence-corrected chi connectivity index (χ4v) is 2.45. The van der Waals surface area contributed by atoms with Crippen molar-refractivity contribution in [3.8, 4) is 5.75 Å². The van der Waals surface area contributed by atoms with E-state index in [0.717, 1.165) is 10.5 Å². The highest BCUT2D eigenvalue weighted by atomic mass is 79.9. The molecular weight excluding hydrogens is 342 g/mol. The van der Waals surface area contributed by atoms with Crippen LogP contribution in [0.3, 0.4) is 0 Å². The standard InChI is InChI=1S/C16H15BrF2O2/c1-2-21-16-6-4-11(17)8-13(16)15(20)7-10-3-5-12(18)9-14(10)19/h3-6,8-9,15,20H,2,7H2,1H3. The highest BCUT2D eigenvalue weighted by molar-refractivity contribution is 9.10. The van der Waals surface area contributed by atoms with Gasteiger partial charge in [0.15, 0.2) is 0 Å². The number of hydrogen-bond acceptors (Lipinski definition) is 2. The average molecular weight is 357 g/mol. The van der Waals surface area contributed by atoms with E-state index in [4.69, 9.17) is 4.74 Å². The Labute approximate surface area is 130 Å². The summed E-state index contributed by atoms with van der Waals surface area (Å²) in [6.45, 7) is 2.31. The van der Waals surface area contributed by atoms with Crippen LogP contribution in [0.4, 0.5) is 8.78 Å². The first-order valence-electron chi connectivity index (χ1n) is 6.55. The van der Waals surface area contributed by atoms with Crippen molar-refractivity contribution in [2.24, 2.45) is 0 Å². The van der Waals surface area contributed by atoms with Crippen LogP contribution in [-0.4, -0.2) is 11.7 Å². The maximum atomic E-state index is 13.7. The van der Waals surface area contributed by atoms with Crippen LogP contribution in [0.15, 0.2) is 40.9 Å². The van der Waals surface area contributed by atoms with Gasteiger partial charge in [-0.15, -0.1) is 0 Å². The van der Waals surface area contributed by atoms with Gasteiger partial charge in [0, 0.05) is 22.5 Å². The number of aliphatic hydroxyl groups excluding tert-OH is 1. The Morgan fingerprint density at radius 1 is 1.19 bits per heavy atom. The van der Waals surface area contributed by atoms with E-state index in [0.29, 0.717) is 17.9 Å². The molecule has 0 aromatic heterocycles. The molecule has 112 valence electrons. The lowest BCUT2D eigenvalue weighted by molar-refractivity contribution is 0.171. The molecule has 0 fully saturated rings. The summed E-state index contributed by atoms with van der Waals surface area (Å²) in [5.74, 6) is -0.749. The lowest BCUT2D eigenvalue weighted by atomic mass is 10.00. The van der Waals surface area contributed by atoms with Crippen molar-refractivity contribution in [3.63, 3.8) is 0 Å². The van der Waals surface area contributed by atoms with Gasteiger partial charge in [0.05, 0.1) is 12.7 Å². The molecule has 0 bridgehead atoms. The van der Waals surface area contributed by atoms with Gasteiger partial charge in [0.25, 0.3) is 0 Å². The molecule has 0 saturated heterocycles. The van der Waals surface area contributed by atoms with Gasteiger partial charge >= 0.3 is 0 Å². The fourth-order valence-electron chi connectivity index (χ4n) is 2.07. The Hall–Kier alpha value is -1.46. The second-order valence-electron chi connectivity index (χ2n) is 4.57. The smallest absolute Gasteiger partial charge is 0.129 e. The summed E-state index contributed by atoms with van der Waals surface area (Å²) in [5.41, 5.74) is 0.821. The van der Waals surface area contributed by atoms with Crippen LogP contribution in [-0.2, 0) is 6.42 Å². The number of hydrogen-bond donors (Lipinski definition) is 1. The Morgan fingerprint density at radius 3 is 2.62 bits per heavy atom. The predicted molar refractivity (Wildman–Crippen MR) is 80.3 cm³/mol. The second-order valence-corrected chi connectivity index (χ2v) is 5.49. The van der Waals surface area contributed by atoms with Crippen LogP contribution >= 0.6 is 15.9 Å². The third kappa shape index (κ3) is 4.02. The summed E-state index contributed by atoms with van der Waals surface area (Å²) in [6.07, 6.45) is -0.896. The minimum atomic E-state index is -0.941. The zero-order valence-corrected chi connectivity index (χ0v) is 13.0. The first-order valence-corrected chi connectivity index (χ1v) is 7.34. The van der Waals surface area contributed by atoms with Gasteiger partial charge in [-0.1, -0.05) is 22.0 Å². The SMILES string of the molecule is CCOc1ccc(Br)cc1C(O)Cc1ccc(F)cc1F. The van der Waals surface area contributed by atoms with E-state index >= 15 is 0 Å². The summed E-state index contributed by atoms with van der Waals surface area (Å²) in [6, 6.07) is 8.61. The Bertz CT molecular complexity index is 632. The topological polar surface area (TPSA) is 29.5 Å². The van der Waals surface area contributed by atoms with Crippen LogP contribution in [0, 0.1) is 11.6 Å². The van der Waals surface area contributed by atoms with Crippen molar-refractivity contribution >= 4 is 15.9 Å². The molecule has 0 heterocycles. The third-order valence-corrected chi connectivity index (χ3v) is 3.55. The van der Waals surface area contributed by atoms with Gasteiger partial charge in [-0.25, -0.2) is 8.78 Å². The molecule has 0 spiro atoms. The maximum absolute atomic E-state index is 13.7. The lowest BCUT2D eigenvalue weighted by Gasteiger charge is -2.16. The van der Waals surface area contributed by atoms with E-state index in [1.54, 1.807) is 18.2 Å². The van der Waals surface area contributed by atoms with E-state index in [1.165, 1.54) is 12.1 Å². The molecule has 5 heteroatoms. The normalized spacial score (nSPS) is 12.2. The zero-order valence-electron chi connectivity index (χ0n) is 11.4. The Kier molecular flexibility index (Phi) is 5.31. The van der Waals surface area contributed by atoms with Gasteiger partial charge in [-0.05, 0) is 36.8 Å². The van der Waals surface area contributed by atoms with E-state index in [9.17, 15) is 13.9 Å². The van der Waals surface area contributed by atoms with Gasteiger partial charge in [-0.2, -0.15) is 0 Å². The van der Waals surface area contributed by atoms with E-state index in [-0.39, 0.29) is 12.0 Å². The minimum Gasteiger partial charge on any atom is -0.493 e. The number of rotatable bonds is 5. The van der Waals surface area contributed by atoms with Crippen molar-refractivity contribution in [2.75, 3.05) is 6.61 Å². The summed E-state index contributed by atoms with van der Waals surface area (Å²) in [5, 5.41) is 10.3. The molecule has 0 aliphatic carbocycles. The third-order valence-electron chi connectivity index (χ3n) is 3.06. The molecule has 21 heavy (non-hydrogen) atoms. The van der Waals surface area contributed by atoms with Crippen molar-refractivity contribution in [1.82, 2.24) is 0 Å². The van der Waals surface area contributed by atoms with E-state index in [2.05, 4.69) is 15.9 Å². The molecule has 0 radical (unpaired) electrons. The molecule has 1 atom stereocenters. The highest BCUT2D eigenvalue weighted by Crippen LogP contribution is 2.31. The largest absolute Gasteiger partial charge is 0.493 e. The predicted octanol–water partition coefficient (Wildman–Crippen LogP) is 4.40. The van der Waals surface area contributed by atoms with Crippen LogP contribution < -0.4 is 4.74 Å². The number of aliphatic hydroxyl groups is 1. The minimum absolute atomic E-state index is 0.0443. The van der Waals surface area contributed by atoms with E-state index in [1.807, 2.05) is 6.92 Å².